The Morgan fingerprint density at radius 1 is 0.444 bits per heavy atom. The van der Waals surface area contributed by atoms with Crippen molar-refractivity contribution in [1.82, 2.24) is 9.97 Å². The van der Waals surface area contributed by atoms with Crippen LogP contribution in [0.25, 0.3) is 0 Å². The predicted octanol–water partition coefficient (Wildman–Crippen LogP) is 5.34. The molecule has 0 N–H and O–H groups in total. The van der Waals surface area contributed by atoms with E-state index >= 15 is 0 Å². The minimum Gasteiger partial charge on any atom is -0.261 e. The summed E-state index contributed by atoms with van der Waals surface area (Å²) in [7, 11) is 0. The van der Waals surface area contributed by atoms with Gasteiger partial charge in [-0.1, -0.05) is 72.8 Å². The second kappa shape index (κ2) is 11.9. The molecule has 2 aromatic carbocycles. The maximum Gasteiger partial charge on any atom is 2.00 e. The minimum absolute atomic E-state index is 0. The molecule has 0 atom stereocenters. The van der Waals surface area contributed by atoms with Gasteiger partial charge in [0.2, 0.25) is 0 Å². The van der Waals surface area contributed by atoms with Gasteiger partial charge in [-0.15, -0.1) is 0 Å². The average molecular weight is 531 g/mol. The molecule has 2 aromatic heterocycles. The molecule has 0 bridgehead atoms. The van der Waals surface area contributed by atoms with Gasteiger partial charge in [-0.05, 0) is 35.4 Å². The van der Waals surface area contributed by atoms with Crippen molar-refractivity contribution < 1.29 is 20.1 Å². The van der Waals surface area contributed by atoms with Gasteiger partial charge >= 0.3 is 20.1 Å². The van der Waals surface area contributed by atoms with Crippen LogP contribution in [0, 0.1) is 0 Å². The molecule has 0 saturated heterocycles. The van der Waals surface area contributed by atoms with E-state index in [1.807, 2.05) is 60.9 Å². The van der Waals surface area contributed by atoms with Crippen molar-refractivity contribution in [3.05, 3.63) is 132 Å². The third-order valence-corrected chi connectivity index (χ3v) is 3.91. The topological polar surface area (TPSA) is 25.8 Å². The van der Waals surface area contributed by atoms with Gasteiger partial charge in [0.15, 0.2) is 0 Å². The number of benzene rings is 2. The van der Waals surface area contributed by atoms with Crippen LogP contribution in [0.1, 0.15) is 22.5 Å². The predicted molar refractivity (Wildman–Crippen MR) is 107 cm³/mol. The van der Waals surface area contributed by atoms with Gasteiger partial charge in [-0.2, -0.15) is 0 Å². The molecule has 0 aliphatic carbocycles. The summed E-state index contributed by atoms with van der Waals surface area (Å²) in [4.78, 5) is 8.55. The molecule has 0 amide bonds. The molecule has 4 rings (SSSR count). The smallest absolute Gasteiger partial charge is 0.261 e. The normalized spacial score (nSPS) is 9.48. The fraction of sp³-hybridized carbons (Fsp3) is 0.0833. The maximum absolute atomic E-state index is 4.27. The van der Waals surface area contributed by atoms with E-state index in [1.54, 1.807) is 0 Å². The van der Waals surface area contributed by atoms with Gasteiger partial charge in [0.05, 0.1) is 0 Å². The van der Waals surface area contributed by atoms with E-state index in [9.17, 15) is 0 Å². The zero-order valence-electron chi connectivity index (χ0n) is 15.0. The molecular formula is C24H22IrN2+2. The summed E-state index contributed by atoms with van der Waals surface area (Å²) < 4.78 is 0. The van der Waals surface area contributed by atoms with E-state index in [0.717, 1.165) is 24.2 Å². The van der Waals surface area contributed by atoms with Crippen LogP contribution in [-0.2, 0) is 32.9 Å². The molecule has 0 aliphatic rings. The SMILES string of the molecule is [Ir+2].c1ccc(Cc2ccccn2)cc1.c1ccc(Cc2ccccn2)cc1. The van der Waals surface area contributed by atoms with Gasteiger partial charge in [0.25, 0.3) is 0 Å². The zero-order chi connectivity index (χ0) is 17.9. The first-order chi connectivity index (χ1) is 12.9. The molecule has 1 radical (unpaired) electrons. The van der Waals surface area contributed by atoms with E-state index in [2.05, 4.69) is 58.5 Å². The molecule has 0 saturated carbocycles. The first kappa shape index (κ1) is 20.7. The van der Waals surface area contributed by atoms with Gasteiger partial charge in [-0.3, -0.25) is 9.97 Å². The van der Waals surface area contributed by atoms with Crippen LogP contribution in [0.15, 0.2) is 109 Å². The first-order valence-corrected chi connectivity index (χ1v) is 8.78. The third kappa shape index (κ3) is 7.65. The minimum atomic E-state index is 0. The standard InChI is InChI=1S/2C12H11N.Ir/c2*1-2-6-11(7-3-1)10-12-8-4-5-9-13-12;/h2*1-9H,10H2;/q;;+2. The fourth-order valence-electron chi connectivity index (χ4n) is 2.62. The third-order valence-electron chi connectivity index (χ3n) is 3.91. The number of hydrogen-bond acceptors (Lipinski definition) is 2. The van der Waals surface area contributed by atoms with Crippen molar-refractivity contribution >= 4 is 0 Å². The molecule has 0 unspecified atom stereocenters. The molecule has 0 spiro atoms. The summed E-state index contributed by atoms with van der Waals surface area (Å²) in [5.41, 5.74) is 4.85. The first-order valence-electron chi connectivity index (χ1n) is 8.78. The second-order valence-corrected chi connectivity index (χ2v) is 5.97. The molecule has 0 aliphatic heterocycles. The number of hydrogen-bond donors (Lipinski definition) is 0. The van der Waals surface area contributed by atoms with Crippen LogP contribution in [0.5, 0.6) is 0 Å². The van der Waals surface area contributed by atoms with Crippen molar-refractivity contribution in [2.45, 2.75) is 12.8 Å². The molecular weight excluding hydrogens is 508 g/mol. The Bertz CT molecular complexity index is 715. The average Bonchev–Trinajstić information content (AvgIpc) is 2.72. The van der Waals surface area contributed by atoms with E-state index in [0.29, 0.717) is 0 Å². The van der Waals surface area contributed by atoms with E-state index in [1.165, 1.54) is 11.1 Å². The Kier molecular flexibility index (Phi) is 9.12. The Balaban J connectivity index is 0.000000187. The number of aromatic nitrogens is 2. The molecule has 0 fully saturated rings. The monoisotopic (exact) mass is 531 g/mol. The quantitative estimate of drug-likeness (QED) is 0.356. The van der Waals surface area contributed by atoms with Crippen molar-refractivity contribution in [1.29, 1.82) is 0 Å². The Labute approximate surface area is 174 Å². The molecule has 2 nitrogen and oxygen atoms in total. The van der Waals surface area contributed by atoms with Crippen LogP contribution in [0.4, 0.5) is 0 Å². The van der Waals surface area contributed by atoms with Crippen LogP contribution >= 0.6 is 0 Å². The van der Waals surface area contributed by atoms with E-state index in [4.69, 9.17) is 0 Å². The Hall–Kier alpha value is -2.61. The van der Waals surface area contributed by atoms with Crippen molar-refractivity contribution in [3.8, 4) is 0 Å². The summed E-state index contributed by atoms with van der Waals surface area (Å²) >= 11 is 0. The summed E-state index contributed by atoms with van der Waals surface area (Å²) in [6.45, 7) is 0. The molecule has 4 aromatic rings. The summed E-state index contributed by atoms with van der Waals surface area (Å²) in [6.07, 6.45) is 5.50. The van der Waals surface area contributed by atoms with Crippen LogP contribution in [0.2, 0.25) is 0 Å². The Morgan fingerprint density at radius 3 is 1.15 bits per heavy atom. The summed E-state index contributed by atoms with van der Waals surface area (Å²) in [5.74, 6) is 0. The largest absolute Gasteiger partial charge is 2.00 e. The van der Waals surface area contributed by atoms with Gasteiger partial charge < -0.3 is 0 Å². The zero-order valence-corrected chi connectivity index (χ0v) is 17.4. The Morgan fingerprint density at radius 2 is 0.815 bits per heavy atom. The molecule has 27 heavy (non-hydrogen) atoms. The van der Waals surface area contributed by atoms with Crippen LogP contribution in [-0.4, -0.2) is 9.97 Å². The van der Waals surface area contributed by atoms with Crippen molar-refractivity contribution in [2.24, 2.45) is 0 Å². The number of pyridine rings is 2. The van der Waals surface area contributed by atoms with Gasteiger partial charge in [-0.25, -0.2) is 0 Å². The van der Waals surface area contributed by atoms with Crippen LogP contribution in [0.3, 0.4) is 0 Å². The second-order valence-electron chi connectivity index (χ2n) is 5.97. The van der Waals surface area contributed by atoms with Gasteiger partial charge in [0.1, 0.15) is 0 Å². The molecule has 2 heterocycles. The van der Waals surface area contributed by atoms with E-state index < -0.39 is 0 Å². The van der Waals surface area contributed by atoms with Gasteiger partial charge in [0, 0.05) is 36.6 Å². The number of nitrogens with zero attached hydrogens (tertiary/aromatic N) is 2. The summed E-state index contributed by atoms with van der Waals surface area (Å²) in [5, 5.41) is 0. The summed E-state index contributed by atoms with van der Waals surface area (Å²) in [6, 6.07) is 32.8. The maximum atomic E-state index is 4.27. The van der Waals surface area contributed by atoms with E-state index in [-0.39, 0.29) is 20.1 Å². The molecule has 3 heteroatoms. The van der Waals surface area contributed by atoms with Crippen molar-refractivity contribution in [3.63, 3.8) is 0 Å². The fourth-order valence-corrected chi connectivity index (χ4v) is 2.62. The number of rotatable bonds is 4. The van der Waals surface area contributed by atoms with Crippen molar-refractivity contribution in [2.75, 3.05) is 0 Å². The van der Waals surface area contributed by atoms with Crippen LogP contribution < -0.4 is 0 Å². The molecule has 135 valence electrons.